The van der Waals surface area contributed by atoms with E-state index >= 15 is 0 Å². The molecule has 4 heterocycles. The molecule has 6 heteroatoms. The van der Waals surface area contributed by atoms with Crippen LogP contribution in [0.5, 0.6) is 0 Å². The zero-order valence-electron chi connectivity index (χ0n) is 35.4. The number of furan rings is 1. The van der Waals surface area contributed by atoms with Crippen molar-refractivity contribution in [3.8, 4) is 22.5 Å². The van der Waals surface area contributed by atoms with Gasteiger partial charge in [-0.05, 0) is 49.1 Å². The van der Waals surface area contributed by atoms with Gasteiger partial charge in [-0.3, -0.25) is 0 Å². The molecule has 0 spiro atoms. The molecule has 0 amide bonds. The summed E-state index contributed by atoms with van der Waals surface area (Å²) in [7, 11) is 0. The van der Waals surface area contributed by atoms with Crippen LogP contribution >= 0.6 is 11.3 Å². The number of hydrogen-bond acceptors (Lipinski definition) is 5. The fourth-order valence-electron chi connectivity index (χ4n) is 4.43. The molecule has 0 N–H and O–H groups in total. The van der Waals surface area contributed by atoms with Crippen molar-refractivity contribution in [3.63, 3.8) is 0 Å². The van der Waals surface area contributed by atoms with E-state index in [0.29, 0.717) is 28.0 Å². The van der Waals surface area contributed by atoms with Crippen molar-refractivity contribution in [1.82, 2.24) is 15.0 Å². The molecule has 7 rings (SSSR count). The summed E-state index contributed by atoms with van der Waals surface area (Å²) < 4.78 is 97.7. The van der Waals surface area contributed by atoms with Crippen molar-refractivity contribution < 1.29 is 41.0 Å². The van der Waals surface area contributed by atoms with Gasteiger partial charge in [-0.25, -0.2) is 4.98 Å². The number of benzene rings is 3. The first-order chi connectivity index (χ1) is 24.9. The van der Waals surface area contributed by atoms with Crippen LogP contribution in [-0.4, -0.2) is 15.0 Å². The summed E-state index contributed by atoms with van der Waals surface area (Å²) in [5.41, 5.74) is 3.60. The Morgan fingerprint density at radius 2 is 1.58 bits per heavy atom. The van der Waals surface area contributed by atoms with Gasteiger partial charge >= 0.3 is 0 Å². The molecule has 0 atom stereocenters. The second kappa shape index (κ2) is 12.1. The Bertz CT molecular complexity index is 2420. The van der Waals surface area contributed by atoms with Crippen LogP contribution in [0.3, 0.4) is 0 Å². The molecule has 0 saturated heterocycles. The summed E-state index contributed by atoms with van der Waals surface area (Å²) in [5, 5.41) is 2.72. The van der Waals surface area contributed by atoms with E-state index in [1.807, 2.05) is 18.2 Å². The van der Waals surface area contributed by atoms with Crippen LogP contribution in [0.4, 0.5) is 0 Å². The summed E-state index contributed by atoms with van der Waals surface area (Å²) in [6, 6.07) is 22.5. The van der Waals surface area contributed by atoms with Gasteiger partial charge in [0.1, 0.15) is 11.1 Å². The average Bonchev–Trinajstić information content (AvgIpc) is 3.69. The topological polar surface area (TPSA) is 51.8 Å². The van der Waals surface area contributed by atoms with E-state index in [-0.39, 0.29) is 53.5 Å². The molecule has 0 aliphatic heterocycles. The minimum Gasteiger partial charge on any atom is -0.498 e. The van der Waals surface area contributed by atoms with Gasteiger partial charge in [-0.15, -0.1) is 64.9 Å². The van der Waals surface area contributed by atoms with E-state index in [0.717, 1.165) is 32.2 Å². The van der Waals surface area contributed by atoms with Gasteiger partial charge in [0.15, 0.2) is 0 Å². The fourth-order valence-corrected chi connectivity index (χ4v) is 5.45. The zero-order valence-corrected chi connectivity index (χ0v) is 26.6. The maximum Gasteiger partial charge on any atom is 0.148 e. The maximum absolute atomic E-state index is 7.86. The smallest absolute Gasteiger partial charge is 0.148 e. The Hall–Kier alpha value is -3.70. The largest absolute Gasteiger partial charge is 0.498 e. The van der Waals surface area contributed by atoms with Gasteiger partial charge in [0, 0.05) is 59.7 Å². The van der Waals surface area contributed by atoms with Crippen molar-refractivity contribution >= 4 is 43.5 Å². The molecule has 3 aromatic carbocycles. The van der Waals surface area contributed by atoms with Gasteiger partial charge < -0.3 is 14.4 Å². The molecule has 43 heavy (non-hydrogen) atoms. The Kier molecular flexibility index (Phi) is 5.31. The summed E-state index contributed by atoms with van der Waals surface area (Å²) >= 11 is 1.63. The van der Waals surface area contributed by atoms with Crippen molar-refractivity contribution in [3.05, 3.63) is 112 Å². The van der Waals surface area contributed by atoms with Crippen molar-refractivity contribution in [2.24, 2.45) is 0 Å². The van der Waals surface area contributed by atoms with Crippen LogP contribution in [0, 0.1) is 39.5 Å². The third kappa shape index (κ3) is 6.19. The first-order valence-corrected chi connectivity index (χ1v) is 13.9. The van der Waals surface area contributed by atoms with E-state index in [1.54, 1.807) is 29.5 Å². The Morgan fingerprint density at radius 3 is 2.28 bits per heavy atom. The SMILES string of the molecule is [2H]C([2H])([2H])c1c[c-]c(-c2ccc(C([2H])([2H])[2H])cn2)cc1.[2H]C([2H])([2H])c1cnc(-c2[c-]ccc3c2oc2c3ccc3sc(C(C)(C)C)nc32)cc1C([2H])([2H])[2H].[Ir]. The van der Waals surface area contributed by atoms with Crippen LogP contribution < -0.4 is 0 Å². The normalized spacial score (nSPS) is 16.7. The van der Waals surface area contributed by atoms with Gasteiger partial charge in [-0.1, -0.05) is 68.4 Å². The number of pyridine rings is 2. The van der Waals surface area contributed by atoms with Crippen molar-refractivity contribution in [2.75, 3.05) is 0 Å². The zero-order chi connectivity index (χ0) is 39.6. The molecule has 1 radical (unpaired) electrons. The predicted octanol–water partition coefficient (Wildman–Crippen LogP) is 10.1. The molecule has 0 aliphatic rings. The molecule has 0 bridgehead atoms. The second-order valence-electron chi connectivity index (χ2n) is 10.8. The van der Waals surface area contributed by atoms with Crippen LogP contribution in [0.25, 0.3) is 54.7 Å². The van der Waals surface area contributed by atoms with Crippen LogP contribution in [0.2, 0.25) is 0 Å². The van der Waals surface area contributed by atoms with E-state index in [4.69, 9.17) is 25.9 Å². The molecular weight excluding hydrogens is 727 g/mol. The average molecular weight is 772 g/mol. The number of aromatic nitrogens is 3. The number of thiazole rings is 1. The molecule has 0 saturated carbocycles. The Labute approximate surface area is 287 Å². The summed E-state index contributed by atoms with van der Waals surface area (Å²) in [6.07, 6.45) is 2.42. The van der Waals surface area contributed by atoms with E-state index in [2.05, 4.69) is 42.9 Å². The molecular formula is C37H33IrN3OS-2. The fraction of sp³-hybridized carbons (Fsp3) is 0.216. The third-order valence-electron chi connectivity index (χ3n) is 6.61. The summed E-state index contributed by atoms with van der Waals surface area (Å²) in [5.74, 6) is 0. The molecule has 219 valence electrons. The number of rotatable bonds is 2. The molecule has 0 aliphatic carbocycles. The van der Waals surface area contributed by atoms with Crippen molar-refractivity contribution in [1.29, 1.82) is 0 Å². The third-order valence-corrected chi connectivity index (χ3v) is 8.06. The quantitative estimate of drug-likeness (QED) is 0.164. The first-order valence-electron chi connectivity index (χ1n) is 19.1. The second-order valence-corrected chi connectivity index (χ2v) is 11.8. The minimum atomic E-state index is -2.61. The maximum atomic E-state index is 7.86. The van der Waals surface area contributed by atoms with Crippen LogP contribution in [0.1, 0.15) is 64.5 Å². The Morgan fingerprint density at radius 1 is 0.791 bits per heavy atom. The molecule has 0 fully saturated rings. The van der Waals surface area contributed by atoms with Gasteiger partial charge in [-0.2, -0.15) is 0 Å². The van der Waals surface area contributed by atoms with Gasteiger partial charge in [0.05, 0.1) is 15.3 Å². The van der Waals surface area contributed by atoms with Crippen LogP contribution in [0.15, 0.2) is 77.5 Å². The molecule has 0 unspecified atom stereocenters. The monoisotopic (exact) mass is 772 g/mol. The number of aryl methyl sites for hydroxylation is 4. The van der Waals surface area contributed by atoms with E-state index in [1.165, 1.54) is 30.5 Å². The molecule has 4 aromatic heterocycles. The van der Waals surface area contributed by atoms with E-state index < -0.39 is 27.4 Å². The number of hydrogen-bond donors (Lipinski definition) is 0. The predicted molar refractivity (Wildman–Crippen MR) is 175 cm³/mol. The molecule has 7 aromatic rings. The van der Waals surface area contributed by atoms with E-state index in [9.17, 15) is 0 Å². The van der Waals surface area contributed by atoms with Gasteiger partial charge in [0.25, 0.3) is 0 Å². The van der Waals surface area contributed by atoms with Gasteiger partial charge in [0.2, 0.25) is 0 Å². The number of fused-ring (bicyclic) bond motifs is 5. The summed E-state index contributed by atoms with van der Waals surface area (Å²) in [4.78, 5) is 13.2. The first kappa shape index (κ1) is 18.9. The summed E-state index contributed by atoms with van der Waals surface area (Å²) in [6.45, 7) is -3.20. The Balaban J connectivity index is 0.000000237. The van der Waals surface area contributed by atoms with Crippen molar-refractivity contribution in [2.45, 2.75) is 53.6 Å². The standard InChI is InChI=1S/C24H21N2OS.C13H12N.Ir/c1-13-11-18(25-12-14(13)2)17-8-6-7-15-16-9-10-19-20(22(16)27-21(15)17)26-23(28-19)24(3,4)5;1-10-3-6-12(7-4-10)13-8-5-11(2)9-14-13;/h6-7,9-12H,1-5H3;3-6,8-9H,1-2H3;/q2*-1;/i2*1D3,2D3;. The molecule has 4 nitrogen and oxygen atoms in total. The van der Waals surface area contributed by atoms with Crippen LogP contribution in [-0.2, 0) is 25.5 Å². The minimum absolute atomic E-state index is 0. The number of nitrogens with zero attached hydrogens (tertiary/aromatic N) is 3.